The van der Waals surface area contributed by atoms with Gasteiger partial charge in [0.25, 0.3) is 0 Å². The molecule has 3 unspecified atom stereocenters. The Hall–Kier alpha value is -1.10. The Kier molecular flexibility index (Phi) is 4.78. The molecule has 2 aliphatic heterocycles. The number of likely N-dealkylation sites (N-methyl/N-ethyl adjacent to an activating group) is 2. The van der Waals surface area contributed by atoms with Gasteiger partial charge in [-0.15, -0.1) is 0 Å². The van der Waals surface area contributed by atoms with Crippen molar-refractivity contribution in [3.05, 3.63) is 29.8 Å². The van der Waals surface area contributed by atoms with E-state index in [1.165, 1.54) is 18.4 Å². The van der Waals surface area contributed by atoms with Crippen LogP contribution in [-0.4, -0.2) is 50.4 Å². The molecule has 1 aromatic carbocycles. The highest BCUT2D eigenvalue weighted by Crippen LogP contribution is 2.34. The van der Waals surface area contributed by atoms with E-state index in [1.807, 2.05) is 6.07 Å². The lowest BCUT2D eigenvalue weighted by Crippen LogP contribution is -2.50. The van der Waals surface area contributed by atoms with E-state index in [4.69, 9.17) is 9.47 Å². The Balaban J connectivity index is 1.74. The maximum absolute atomic E-state index is 5.98. The van der Waals surface area contributed by atoms with Crippen molar-refractivity contribution in [3.8, 4) is 5.75 Å². The Morgan fingerprint density at radius 3 is 2.95 bits per heavy atom. The normalized spacial score (nSPS) is 28.4. The molecule has 2 heterocycles. The van der Waals surface area contributed by atoms with Crippen molar-refractivity contribution in [2.75, 3.05) is 33.4 Å². The van der Waals surface area contributed by atoms with Gasteiger partial charge < -0.3 is 14.8 Å². The summed E-state index contributed by atoms with van der Waals surface area (Å²) >= 11 is 0. The molecule has 0 aliphatic carbocycles. The van der Waals surface area contributed by atoms with Crippen molar-refractivity contribution in [1.82, 2.24) is 10.2 Å². The van der Waals surface area contributed by atoms with E-state index < -0.39 is 0 Å². The largest absolute Gasteiger partial charge is 0.492 e. The number of nitrogens with zero attached hydrogens (tertiary/aromatic N) is 1. The number of rotatable bonds is 5. The molecule has 4 heteroatoms. The van der Waals surface area contributed by atoms with Crippen molar-refractivity contribution in [1.29, 1.82) is 0 Å². The molecule has 0 spiro atoms. The number of fused-ring (bicyclic) bond motifs is 1. The van der Waals surface area contributed by atoms with Crippen LogP contribution in [-0.2, 0) is 4.74 Å². The summed E-state index contributed by atoms with van der Waals surface area (Å²) < 4.78 is 11.8. The monoisotopic (exact) mass is 290 g/mol. The molecule has 0 bridgehead atoms. The quantitative estimate of drug-likeness (QED) is 0.901. The lowest BCUT2D eigenvalue weighted by molar-refractivity contribution is 0.0411. The van der Waals surface area contributed by atoms with E-state index in [0.29, 0.717) is 18.2 Å². The predicted molar refractivity (Wildman–Crippen MR) is 83.7 cm³/mol. The van der Waals surface area contributed by atoms with E-state index >= 15 is 0 Å². The summed E-state index contributed by atoms with van der Waals surface area (Å²) in [5.41, 5.74) is 1.27. The molecule has 4 nitrogen and oxygen atoms in total. The van der Waals surface area contributed by atoms with Gasteiger partial charge in [-0.05, 0) is 32.5 Å². The molecule has 1 fully saturated rings. The van der Waals surface area contributed by atoms with Crippen molar-refractivity contribution < 1.29 is 9.47 Å². The number of hydrogen-bond acceptors (Lipinski definition) is 4. The van der Waals surface area contributed by atoms with Crippen molar-refractivity contribution in [2.24, 2.45) is 0 Å². The molecule has 0 radical (unpaired) electrons. The molecule has 3 rings (SSSR count). The summed E-state index contributed by atoms with van der Waals surface area (Å²) in [6, 6.07) is 9.05. The highest BCUT2D eigenvalue weighted by molar-refractivity contribution is 5.38. The number of nitrogens with one attached hydrogen (secondary N) is 1. The van der Waals surface area contributed by atoms with Gasteiger partial charge in [-0.25, -0.2) is 0 Å². The van der Waals surface area contributed by atoms with E-state index in [9.17, 15) is 0 Å². The first kappa shape index (κ1) is 14.8. The van der Waals surface area contributed by atoms with Crippen LogP contribution >= 0.6 is 0 Å². The van der Waals surface area contributed by atoms with Gasteiger partial charge in [0.05, 0.1) is 18.2 Å². The van der Waals surface area contributed by atoms with Crippen LogP contribution in [0.4, 0.5) is 0 Å². The predicted octanol–water partition coefficient (Wildman–Crippen LogP) is 2.21. The van der Waals surface area contributed by atoms with Gasteiger partial charge >= 0.3 is 0 Å². The van der Waals surface area contributed by atoms with Gasteiger partial charge in [0.15, 0.2) is 0 Å². The van der Waals surface area contributed by atoms with Crippen LogP contribution < -0.4 is 10.1 Å². The van der Waals surface area contributed by atoms with Gasteiger partial charge in [0.1, 0.15) is 12.4 Å². The molecule has 3 atom stereocenters. The standard InChI is InChI=1S/C17H26N2O2/c1-3-18-17-14-8-4-5-9-16(14)21-12-15(17)19(2)11-13-7-6-10-20-13/h4-5,8-9,13,15,17-18H,3,6-7,10-12H2,1-2H3. The number of hydrogen-bond donors (Lipinski definition) is 1. The average Bonchev–Trinajstić information content (AvgIpc) is 3.00. The molecule has 1 aromatic rings. The molecule has 21 heavy (non-hydrogen) atoms. The van der Waals surface area contributed by atoms with Gasteiger partial charge in [-0.1, -0.05) is 25.1 Å². The van der Waals surface area contributed by atoms with Gasteiger partial charge in [-0.2, -0.15) is 0 Å². The van der Waals surface area contributed by atoms with Crippen LogP contribution in [0.2, 0.25) is 0 Å². The number of ether oxygens (including phenoxy) is 2. The molecule has 0 aromatic heterocycles. The summed E-state index contributed by atoms with van der Waals surface area (Å²) in [7, 11) is 2.19. The second kappa shape index (κ2) is 6.77. The van der Waals surface area contributed by atoms with Crippen LogP contribution in [0.1, 0.15) is 31.4 Å². The highest BCUT2D eigenvalue weighted by Gasteiger charge is 2.34. The molecule has 0 saturated carbocycles. The molecular formula is C17H26N2O2. The Morgan fingerprint density at radius 1 is 1.33 bits per heavy atom. The molecule has 0 amide bonds. The molecule has 1 saturated heterocycles. The van der Waals surface area contributed by atoms with Gasteiger partial charge in [0.2, 0.25) is 0 Å². The summed E-state index contributed by atoms with van der Waals surface area (Å²) in [6.45, 7) is 5.76. The zero-order valence-electron chi connectivity index (χ0n) is 13.0. The third-order valence-corrected chi connectivity index (χ3v) is 4.55. The molecule has 116 valence electrons. The molecule has 1 N–H and O–H groups in total. The molecular weight excluding hydrogens is 264 g/mol. The fourth-order valence-electron chi connectivity index (χ4n) is 3.44. The third-order valence-electron chi connectivity index (χ3n) is 4.55. The smallest absolute Gasteiger partial charge is 0.124 e. The summed E-state index contributed by atoms with van der Waals surface area (Å²) in [4.78, 5) is 2.40. The van der Waals surface area contributed by atoms with E-state index in [0.717, 1.165) is 32.1 Å². The average molecular weight is 290 g/mol. The summed E-state index contributed by atoms with van der Waals surface area (Å²) in [5, 5.41) is 3.63. The first-order chi connectivity index (χ1) is 10.3. The minimum Gasteiger partial charge on any atom is -0.492 e. The fraction of sp³-hybridized carbons (Fsp3) is 0.647. The molecule has 2 aliphatic rings. The Morgan fingerprint density at radius 2 is 2.19 bits per heavy atom. The zero-order valence-corrected chi connectivity index (χ0v) is 13.0. The van der Waals surface area contributed by atoms with Crippen LogP contribution in [0.3, 0.4) is 0 Å². The van der Waals surface area contributed by atoms with E-state index in [2.05, 4.69) is 42.4 Å². The topological polar surface area (TPSA) is 33.7 Å². The lowest BCUT2D eigenvalue weighted by atomic mass is 9.95. The summed E-state index contributed by atoms with van der Waals surface area (Å²) in [5.74, 6) is 1.02. The van der Waals surface area contributed by atoms with Crippen LogP contribution in [0.25, 0.3) is 0 Å². The maximum atomic E-state index is 5.98. The Bertz CT molecular complexity index is 460. The second-order valence-corrected chi connectivity index (χ2v) is 6.03. The zero-order chi connectivity index (χ0) is 14.7. The fourth-order valence-corrected chi connectivity index (χ4v) is 3.44. The van der Waals surface area contributed by atoms with Crippen molar-refractivity contribution in [3.63, 3.8) is 0 Å². The SMILES string of the molecule is CCNC1c2ccccc2OCC1N(C)CC1CCCO1. The van der Waals surface area contributed by atoms with Crippen LogP contribution in [0.15, 0.2) is 24.3 Å². The first-order valence-electron chi connectivity index (χ1n) is 8.06. The minimum absolute atomic E-state index is 0.325. The third kappa shape index (κ3) is 3.23. The number of para-hydroxylation sites is 1. The summed E-state index contributed by atoms with van der Waals surface area (Å²) in [6.07, 6.45) is 2.76. The number of benzene rings is 1. The van der Waals surface area contributed by atoms with Crippen molar-refractivity contribution >= 4 is 0 Å². The first-order valence-corrected chi connectivity index (χ1v) is 8.06. The van der Waals surface area contributed by atoms with Crippen LogP contribution in [0, 0.1) is 0 Å². The minimum atomic E-state index is 0.325. The second-order valence-electron chi connectivity index (χ2n) is 6.03. The van der Waals surface area contributed by atoms with E-state index in [-0.39, 0.29) is 0 Å². The van der Waals surface area contributed by atoms with Crippen LogP contribution in [0.5, 0.6) is 5.75 Å². The highest BCUT2D eigenvalue weighted by atomic mass is 16.5. The van der Waals surface area contributed by atoms with Gasteiger partial charge in [-0.3, -0.25) is 4.90 Å². The maximum Gasteiger partial charge on any atom is 0.124 e. The van der Waals surface area contributed by atoms with Gasteiger partial charge in [0, 0.05) is 18.7 Å². The van der Waals surface area contributed by atoms with Crippen molar-refractivity contribution in [2.45, 2.75) is 38.0 Å². The van der Waals surface area contributed by atoms with E-state index in [1.54, 1.807) is 0 Å². The lowest BCUT2D eigenvalue weighted by Gasteiger charge is -2.40. The Labute approximate surface area is 127 Å².